The third kappa shape index (κ3) is 2.68. The number of fused-ring (bicyclic) bond motifs is 2. The van der Waals surface area contributed by atoms with Crippen molar-refractivity contribution >= 4 is 11.7 Å². The first-order chi connectivity index (χ1) is 9.08. The minimum absolute atomic E-state index is 0.00243. The normalized spacial score (nSPS) is 32.4. The van der Waals surface area contributed by atoms with Gasteiger partial charge in [-0.3, -0.25) is 4.79 Å². The van der Waals surface area contributed by atoms with Crippen molar-refractivity contribution in [3.8, 4) is 0 Å². The molecule has 2 bridgehead atoms. The molecule has 4 N–H and O–H groups in total. The van der Waals surface area contributed by atoms with Gasteiger partial charge in [-0.2, -0.15) is 0 Å². The predicted octanol–water partition coefficient (Wildman–Crippen LogP) is 0.663. The summed E-state index contributed by atoms with van der Waals surface area (Å²) in [6.45, 7) is 1.97. The van der Waals surface area contributed by atoms with E-state index in [-0.39, 0.29) is 29.9 Å². The molecule has 0 saturated carbocycles. The van der Waals surface area contributed by atoms with E-state index in [1.807, 2.05) is 11.8 Å². The number of aliphatic hydroxyl groups is 1. The molecule has 1 amide bonds. The maximum atomic E-state index is 12.6. The van der Waals surface area contributed by atoms with Crippen LogP contribution >= 0.6 is 0 Å². The Balaban J connectivity index is 2.14. The first-order valence-corrected chi connectivity index (χ1v) is 7.06. The fourth-order valence-corrected chi connectivity index (χ4v) is 3.44. The Morgan fingerprint density at radius 1 is 1.42 bits per heavy atom. The van der Waals surface area contributed by atoms with Gasteiger partial charge in [0.15, 0.2) is 5.84 Å². The zero-order valence-corrected chi connectivity index (χ0v) is 11.3. The quantitative estimate of drug-likeness (QED) is 0.302. The van der Waals surface area contributed by atoms with Crippen molar-refractivity contribution in [1.29, 1.82) is 0 Å². The molecule has 6 nitrogen and oxygen atoms in total. The lowest BCUT2D eigenvalue weighted by molar-refractivity contribution is -0.139. The molecular formula is C13H23N3O3. The summed E-state index contributed by atoms with van der Waals surface area (Å²) in [7, 11) is 0. The van der Waals surface area contributed by atoms with Gasteiger partial charge in [0.25, 0.3) is 0 Å². The highest BCUT2D eigenvalue weighted by Gasteiger charge is 2.44. The number of rotatable bonds is 4. The van der Waals surface area contributed by atoms with Crippen LogP contribution in [-0.2, 0) is 4.79 Å². The number of nitrogens with two attached hydrogens (primary N) is 1. The Bertz CT molecular complexity index is 358. The van der Waals surface area contributed by atoms with Gasteiger partial charge >= 0.3 is 0 Å². The van der Waals surface area contributed by atoms with Crippen LogP contribution in [0, 0.1) is 5.92 Å². The SMILES string of the molecule is CCCC(C(=O)N1C2CCC1CC(O)C2)C(N)=NO. The zero-order valence-electron chi connectivity index (χ0n) is 11.3. The van der Waals surface area contributed by atoms with E-state index >= 15 is 0 Å². The van der Waals surface area contributed by atoms with E-state index in [0.717, 1.165) is 19.3 Å². The van der Waals surface area contributed by atoms with Gasteiger partial charge in [-0.1, -0.05) is 18.5 Å². The van der Waals surface area contributed by atoms with Crippen LogP contribution in [0.25, 0.3) is 0 Å². The first kappa shape index (κ1) is 14.1. The number of hydrogen-bond donors (Lipinski definition) is 3. The van der Waals surface area contributed by atoms with Crippen LogP contribution in [0.4, 0.5) is 0 Å². The lowest BCUT2D eigenvalue weighted by Crippen LogP contribution is -2.52. The highest BCUT2D eigenvalue weighted by atomic mass is 16.4. The number of piperidine rings is 1. The molecule has 3 unspecified atom stereocenters. The minimum atomic E-state index is -0.534. The molecule has 3 atom stereocenters. The summed E-state index contributed by atoms with van der Waals surface area (Å²) in [6.07, 6.45) is 4.29. The van der Waals surface area contributed by atoms with E-state index < -0.39 is 5.92 Å². The van der Waals surface area contributed by atoms with Crippen molar-refractivity contribution in [3.63, 3.8) is 0 Å². The van der Waals surface area contributed by atoms with Crippen LogP contribution in [0.15, 0.2) is 5.16 Å². The van der Waals surface area contributed by atoms with Crippen molar-refractivity contribution in [2.75, 3.05) is 0 Å². The minimum Gasteiger partial charge on any atom is -0.409 e. The van der Waals surface area contributed by atoms with E-state index in [1.165, 1.54) is 0 Å². The molecule has 0 radical (unpaired) electrons. The maximum absolute atomic E-state index is 12.6. The Kier molecular flexibility index (Phi) is 4.29. The summed E-state index contributed by atoms with van der Waals surface area (Å²) in [4.78, 5) is 14.5. The summed E-state index contributed by atoms with van der Waals surface area (Å²) < 4.78 is 0. The molecule has 6 heteroatoms. The van der Waals surface area contributed by atoms with E-state index in [0.29, 0.717) is 19.3 Å². The van der Waals surface area contributed by atoms with Gasteiger partial charge in [0.05, 0.1) is 12.0 Å². The second-order valence-electron chi connectivity index (χ2n) is 5.62. The molecule has 2 aliphatic heterocycles. The number of oxime groups is 1. The van der Waals surface area contributed by atoms with Crippen LogP contribution in [0.1, 0.15) is 45.4 Å². The molecule has 0 aliphatic carbocycles. The monoisotopic (exact) mass is 269 g/mol. The summed E-state index contributed by atoms with van der Waals surface area (Å²) in [5, 5.41) is 21.6. The fourth-order valence-electron chi connectivity index (χ4n) is 3.44. The van der Waals surface area contributed by atoms with Gasteiger partial charge in [0, 0.05) is 12.1 Å². The molecule has 2 rings (SSSR count). The number of carbonyl (C=O) groups excluding carboxylic acids is 1. The highest BCUT2D eigenvalue weighted by molar-refractivity contribution is 6.02. The third-order valence-electron chi connectivity index (χ3n) is 4.31. The van der Waals surface area contributed by atoms with Crippen LogP contribution in [0.3, 0.4) is 0 Å². The largest absolute Gasteiger partial charge is 0.409 e. The number of nitrogens with zero attached hydrogens (tertiary/aromatic N) is 2. The van der Waals surface area contributed by atoms with Crippen molar-refractivity contribution in [1.82, 2.24) is 4.90 Å². The first-order valence-electron chi connectivity index (χ1n) is 7.06. The third-order valence-corrected chi connectivity index (χ3v) is 4.31. The second-order valence-corrected chi connectivity index (χ2v) is 5.62. The molecular weight excluding hydrogens is 246 g/mol. The zero-order chi connectivity index (χ0) is 14.0. The summed E-state index contributed by atoms with van der Waals surface area (Å²) >= 11 is 0. The number of amidine groups is 1. The van der Waals surface area contributed by atoms with Gasteiger partial charge in [-0.15, -0.1) is 0 Å². The number of carbonyl (C=O) groups is 1. The topological polar surface area (TPSA) is 99.2 Å². The highest BCUT2D eigenvalue weighted by Crippen LogP contribution is 2.37. The van der Waals surface area contributed by atoms with Crippen LogP contribution in [0.2, 0.25) is 0 Å². The van der Waals surface area contributed by atoms with Gasteiger partial charge in [-0.25, -0.2) is 0 Å². The number of hydrogen-bond acceptors (Lipinski definition) is 4. The van der Waals surface area contributed by atoms with Gasteiger partial charge in [0.1, 0.15) is 0 Å². The van der Waals surface area contributed by atoms with Crippen LogP contribution in [-0.4, -0.2) is 45.1 Å². The molecule has 108 valence electrons. The van der Waals surface area contributed by atoms with Gasteiger partial charge in [0.2, 0.25) is 5.91 Å². The van der Waals surface area contributed by atoms with E-state index in [2.05, 4.69) is 5.16 Å². The molecule has 0 aromatic heterocycles. The molecule has 0 aromatic carbocycles. The standard InChI is InChI=1S/C13H23N3O3/c1-2-3-11(12(14)15-19)13(18)16-8-4-5-9(16)7-10(17)6-8/h8-11,17,19H,2-7H2,1H3,(H2,14,15). The lowest BCUT2D eigenvalue weighted by atomic mass is 9.94. The van der Waals surface area contributed by atoms with E-state index in [1.54, 1.807) is 0 Å². The summed E-state index contributed by atoms with van der Waals surface area (Å²) in [6, 6.07) is 0.235. The molecule has 2 fully saturated rings. The molecule has 2 saturated heterocycles. The number of amides is 1. The van der Waals surface area contributed by atoms with Crippen molar-refractivity contribution in [2.45, 2.75) is 63.6 Å². The predicted molar refractivity (Wildman–Crippen MR) is 70.7 cm³/mol. The Hall–Kier alpha value is -1.30. The van der Waals surface area contributed by atoms with Gasteiger partial charge < -0.3 is 20.9 Å². The Morgan fingerprint density at radius 3 is 2.47 bits per heavy atom. The second kappa shape index (κ2) is 5.77. The molecule has 0 spiro atoms. The smallest absolute Gasteiger partial charge is 0.233 e. The summed E-state index contributed by atoms with van der Waals surface area (Å²) in [5.41, 5.74) is 5.65. The maximum Gasteiger partial charge on any atom is 0.233 e. The fraction of sp³-hybridized carbons (Fsp3) is 0.846. The van der Waals surface area contributed by atoms with Crippen molar-refractivity contribution in [3.05, 3.63) is 0 Å². The molecule has 2 aliphatic rings. The number of aliphatic hydroxyl groups excluding tert-OH is 1. The Labute approximate surface area is 113 Å². The van der Waals surface area contributed by atoms with Crippen molar-refractivity contribution in [2.24, 2.45) is 16.8 Å². The van der Waals surface area contributed by atoms with Crippen LogP contribution < -0.4 is 5.73 Å². The van der Waals surface area contributed by atoms with Crippen molar-refractivity contribution < 1.29 is 15.1 Å². The molecule has 0 aromatic rings. The van der Waals surface area contributed by atoms with E-state index in [9.17, 15) is 9.90 Å². The van der Waals surface area contributed by atoms with Gasteiger partial charge in [-0.05, 0) is 32.1 Å². The molecule has 19 heavy (non-hydrogen) atoms. The molecule has 2 heterocycles. The van der Waals surface area contributed by atoms with E-state index in [4.69, 9.17) is 10.9 Å². The Morgan fingerprint density at radius 2 is 2.00 bits per heavy atom. The average Bonchev–Trinajstić information content (AvgIpc) is 2.66. The lowest BCUT2D eigenvalue weighted by Gasteiger charge is -2.39. The summed E-state index contributed by atoms with van der Waals surface area (Å²) in [5.74, 6) is -0.581. The van der Waals surface area contributed by atoms with Crippen LogP contribution in [0.5, 0.6) is 0 Å². The average molecular weight is 269 g/mol.